The number of amides is 1. The van der Waals surface area contributed by atoms with Crippen LogP contribution in [0.1, 0.15) is 10.4 Å². The van der Waals surface area contributed by atoms with Gasteiger partial charge in [0.25, 0.3) is 5.91 Å². The summed E-state index contributed by atoms with van der Waals surface area (Å²) in [6, 6.07) is 5.12. The lowest BCUT2D eigenvalue weighted by Crippen LogP contribution is -2.24. The van der Waals surface area contributed by atoms with E-state index in [1.54, 1.807) is 18.2 Å². The van der Waals surface area contributed by atoms with Gasteiger partial charge in [0.05, 0.1) is 20.8 Å². The lowest BCUT2D eigenvalue weighted by atomic mass is 10.1. The highest BCUT2D eigenvalue weighted by Gasteiger charge is 2.17. The highest BCUT2D eigenvalue weighted by atomic mass is 16.5. The SMILES string of the molecule is C#CCNC(=O)c1c(OC)cccc1OC. The van der Waals surface area contributed by atoms with E-state index >= 15 is 0 Å². The molecule has 0 saturated heterocycles. The molecule has 16 heavy (non-hydrogen) atoms. The Labute approximate surface area is 94.6 Å². The fraction of sp³-hybridized carbons (Fsp3) is 0.250. The van der Waals surface area contributed by atoms with Crippen molar-refractivity contribution in [2.45, 2.75) is 0 Å². The zero-order valence-corrected chi connectivity index (χ0v) is 9.24. The molecule has 0 bridgehead atoms. The van der Waals surface area contributed by atoms with Gasteiger partial charge >= 0.3 is 0 Å². The van der Waals surface area contributed by atoms with Gasteiger partial charge in [-0.25, -0.2) is 0 Å². The summed E-state index contributed by atoms with van der Waals surface area (Å²) in [7, 11) is 2.99. The molecular formula is C12H13NO3. The Morgan fingerprint density at radius 3 is 2.38 bits per heavy atom. The number of ether oxygens (including phenoxy) is 2. The van der Waals surface area contributed by atoms with Crippen LogP contribution < -0.4 is 14.8 Å². The average Bonchev–Trinajstić information content (AvgIpc) is 2.34. The number of carbonyl (C=O) groups is 1. The van der Waals surface area contributed by atoms with Crippen molar-refractivity contribution in [1.82, 2.24) is 5.32 Å². The third kappa shape index (κ3) is 2.45. The second kappa shape index (κ2) is 5.66. The van der Waals surface area contributed by atoms with E-state index in [1.165, 1.54) is 14.2 Å². The molecule has 0 saturated carbocycles. The minimum absolute atomic E-state index is 0.167. The van der Waals surface area contributed by atoms with Crippen LogP contribution in [-0.2, 0) is 0 Å². The first-order valence-electron chi connectivity index (χ1n) is 4.67. The van der Waals surface area contributed by atoms with E-state index in [9.17, 15) is 4.79 Å². The second-order valence-electron chi connectivity index (χ2n) is 2.92. The molecule has 0 fully saturated rings. The molecule has 1 N–H and O–H groups in total. The van der Waals surface area contributed by atoms with E-state index in [2.05, 4.69) is 11.2 Å². The normalized spacial score (nSPS) is 9.06. The molecule has 4 heteroatoms. The standard InChI is InChI=1S/C12H13NO3/c1-4-8-13-12(14)11-9(15-2)6-5-7-10(11)16-3/h1,5-7H,8H2,2-3H3,(H,13,14). The molecule has 0 aliphatic heterocycles. The monoisotopic (exact) mass is 219 g/mol. The zero-order valence-electron chi connectivity index (χ0n) is 9.24. The van der Waals surface area contributed by atoms with Crippen molar-refractivity contribution in [3.63, 3.8) is 0 Å². The smallest absolute Gasteiger partial charge is 0.259 e. The van der Waals surface area contributed by atoms with E-state index < -0.39 is 0 Å². The van der Waals surface area contributed by atoms with Gasteiger partial charge in [-0.15, -0.1) is 6.42 Å². The second-order valence-corrected chi connectivity index (χ2v) is 2.92. The molecule has 0 spiro atoms. The average molecular weight is 219 g/mol. The van der Waals surface area contributed by atoms with Gasteiger partial charge in [-0.1, -0.05) is 12.0 Å². The van der Waals surface area contributed by atoms with Crippen molar-refractivity contribution in [1.29, 1.82) is 0 Å². The Morgan fingerprint density at radius 2 is 1.94 bits per heavy atom. The summed E-state index contributed by atoms with van der Waals surface area (Å²) in [5.74, 6) is 2.92. The molecule has 1 amide bonds. The van der Waals surface area contributed by atoms with Crippen LogP contribution in [0.3, 0.4) is 0 Å². The first kappa shape index (κ1) is 11.9. The quantitative estimate of drug-likeness (QED) is 0.770. The Balaban J connectivity index is 3.08. The van der Waals surface area contributed by atoms with Crippen molar-refractivity contribution >= 4 is 5.91 Å². The van der Waals surface area contributed by atoms with Gasteiger partial charge in [0, 0.05) is 0 Å². The number of hydrogen-bond acceptors (Lipinski definition) is 3. The summed E-state index contributed by atoms with van der Waals surface area (Å²) in [4.78, 5) is 11.8. The van der Waals surface area contributed by atoms with Crippen LogP contribution >= 0.6 is 0 Å². The minimum atomic E-state index is -0.313. The number of terminal acetylenes is 1. The fourth-order valence-corrected chi connectivity index (χ4v) is 1.29. The van der Waals surface area contributed by atoms with Crippen LogP contribution in [0.2, 0.25) is 0 Å². The van der Waals surface area contributed by atoms with Crippen LogP contribution in [0.5, 0.6) is 11.5 Å². The van der Waals surface area contributed by atoms with Crippen molar-refractivity contribution in [3.05, 3.63) is 23.8 Å². The minimum Gasteiger partial charge on any atom is -0.496 e. The maximum Gasteiger partial charge on any atom is 0.259 e. The number of benzene rings is 1. The first-order valence-corrected chi connectivity index (χ1v) is 4.67. The highest BCUT2D eigenvalue weighted by Crippen LogP contribution is 2.27. The van der Waals surface area contributed by atoms with Gasteiger partial charge in [-0.05, 0) is 12.1 Å². The molecule has 0 atom stereocenters. The Morgan fingerprint density at radius 1 is 1.38 bits per heavy atom. The molecule has 0 unspecified atom stereocenters. The molecule has 0 aliphatic carbocycles. The lowest BCUT2D eigenvalue weighted by molar-refractivity contribution is 0.0952. The van der Waals surface area contributed by atoms with E-state index in [0.717, 1.165) is 0 Å². The van der Waals surface area contributed by atoms with Crippen molar-refractivity contribution in [2.24, 2.45) is 0 Å². The lowest BCUT2D eigenvalue weighted by Gasteiger charge is -2.11. The Kier molecular flexibility index (Phi) is 4.22. The molecule has 4 nitrogen and oxygen atoms in total. The number of hydrogen-bond donors (Lipinski definition) is 1. The number of methoxy groups -OCH3 is 2. The van der Waals surface area contributed by atoms with Crippen molar-refractivity contribution in [2.75, 3.05) is 20.8 Å². The van der Waals surface area contributed by atoms with Gasteiger partial charge in [0.15, 0.2) is 0 Å². The van der Waals surface area contributed by atoms with Crippen molar-refractivity contribution in [3.8, 4) is 23.8 Å². The number of rotatable bonds is 4. The van der Waals surface area contributed by atoms with Gasteiger partial charge in [-0.2, -0.15) is 0 Å². The molecule has 1 rings (SSSR count). The maximum absolute atomic E-state index is 11.8. The molecule has 0 radical (unpaired) electrons. The fourth-order valence-electron chi connectivity index (χ4n) is 1.29. The third-order valence-electron chi connectivity index (χ3n) is 2.01. The molecule has 84 valence electrons. The molecule has 0 aromatic heterocycles. The van der Waals surface area contributed by atoms with E-state index in [0.29, 0.717) is 17.1 Å². The van der Waals surface area contributed by atoms with Gasteiger partial charge in [-0.3, -0.25) is 4.79 Å². The maximum atomic E-state index is 11.8. The predicted octanol–water partition coefficient (Wildman–Crippen LogP) is 1.07. The van der Waals surface area contributed by atoms with Gasteiger partial charge in [0.2, 0.25) is 0 Å². The molecular weight excluding hydrogens is 206 g/mol. The van der Waals surface area contributed by atoms with E-state index in [4.69, 9.17) is 15.9 Å². The predicted molar refractivity (Wildman–Crippen MR) is 60.7 cm³/mol. The molecule has 0 heterocycles. The summed E-state index contributed by atoms with van der Waals surface area (Å²) in [5, 5.41) is 2.56. The van der Waals surface area contributed by atoms with Crippen LogP contribution in [0.4, 0.5) is 0 Å². The van der Waals surface area contributed by atoms with Gasteiger partial charge < -0.3 is 14.8 Å². The van der Waals surface area contributed by atoms with Crippen molar-refractivity contribution < 1.29 is 14.3 Å². The van der Waals surface area contributed by atoms with Gasteiger partial charge in [0.1, 0.15) is 17.1 Å². The van der Waals surface area contributed by atoms with Crippen LogP contribution in [0.15, 0.2) is 18.2 Å². The number of nitrogens with one attached hydrogen (secondary N) is 1. The molecule has 0 aliphatic rings. The summed E-state index contributed by atoms with van der Waals surface area (Å²) >= 11 is 0. The third-order valence-corrected chi connectivity index (χ3v) is 2.01. The number of carbonyl (C=O) groups excluding carboxylic acids is 1. The molecule has 1 aromatic carbocycles. The molecule has 1 aromatic rings. The summed E-state index contributed by atoms with van der Waals surface area (Å²) in [6.07, 6.45) is 5.07. The topological polar surface area (TPSA) is 47.6 Å². The summed E-state index contributed by atoms with van der Waals surface area (Å²) in [5.41, 5.74) is 0.350. The van der Waals surface area contributed by atoms with Crippen LogP contribution in [0, 0.1) is 12.3 Å². The Bertz CT molecular complexity index is 399. The summed E-state index contributed by atoms with van der Waals surface area (Å²) in [6.45, 7) is 0.167. The van der Waals surface area contributed by atoms with Crippen LogP contribution in [-0.4, -0.2) is 26.7 Å². The highest BCUT2D eigenvalue weighted by molar-refractivity contribution is 5.99. The first-order chi connectivity index (χ1) is 7.74. The zero-order chi connectivity index (χ0) is 12.0. The summed E-state index contributed by atoms with van der Waals surface area (Å²) < 4.78 is 10.2. The van der Waals surface area contributed by atoms with E-state index in [-0.39, 0.29) is 12.5 Å². The van der Waals surface area contributed by atoms with E-state index in [1.807, 2.05) is 0 Å². The largest absolute Gasteiger partial charge is 0.496 e. The van der Waals surface area contributed by atoms with Crippen LogP contribution in [0.25, 0.3) is 0 Å². The Hall–Kier alpha value is -2.15.